The number of ether oxygens (including phenoxy) is 1. The maximum absolute atomic E-state index is 5.74. The second kappa shape index (κ2) is 4.59. The number of halogens is 1. The van der Waals surface area contributed by atoms with Crippen LogP contribution in [-0.4, -0.2) is 4.98 Å². The zero-order chi connectivity index (χ0) is 12.5. The number of benzene rings is 2. The van der Waals surface area contributed by atoms with Gasteiger partial charge < -0.3 is 10.5 Å². The number of aromatic nitrogens is 1. The number of hydrogen-bond donors (Lipinski definition) is 1. The Morgan fingerprint density at radius 3 is 2.89 bits per heavy atom. The van der Waals surface area contributed by atoms with E-state index in [1.807, 2.05) is 42.5 Å². The monoisotopic (exact) mass is 320 g/mol. The van der Waals surface area contributed by atoms with Crippen molar-refractivity contribution >= 4 is 43.2 Å². The SMILES string of the molecule is Nc1ccc2nc(Oc3cccc(Br)c3)sc2c1. The van der Waals surface area contributed by atoms with E-state index in [9.17, 15) is 0 Å². The van der Waals surface area contributed by atoms with Crippen molar-refractivity contribution in [1.29, 1.82) is 0 Å². The third-order valence-electron chi connectivity index (χ3n) is 2.39. The lowest BCUT2D eigenvalue weighted by Crippen LogP contribution is -1.82. The van der Waals surface area contributed by atoms with Crippen LogP contribution < -0.4 is 10.5 Å². The van der Waals surface area contributed by atoms with Crippen LogP contribution in [0.25, 0.3) is 10.2 Å². The zero-order valence-corrected chi connectivity index (χ0v) is 11.7. The summed E-state index contributed by atoms with van der Waals surface area (Å²) in [5.41, 5.74) is 7.38. The quantitative estimate of drug-likeness (QED) is 0.710. The van der Waals surface area contributed by atoms with Crippen molar-refractivity contribution in [3.63, 3.8) is 0 Å². The molecule has 3 nitrogen and oxygen atoms in total. The van der Waals surface area contributed by atoms with Crippen LogP contribution in [0, 0.1) is 0 Å². The van der Waals surface area contributed by atoms with Crippen LogP contribution in [-0.2, 0) is 0 Å². The number of anilines is 1. The zero-order valence-electron chi connectivity index (χ0n) is 9.26. The molecule has 18 heavy (non-hydrogen) atoms. The Bertz CT molecular complexity index is 711. The van der Waals surface area contributed by atoms with E-state index in [-0.39, 0.29) is 0 Å². The summed E-state index contributed by atoms with van der Waals surface area (Å²) < 4.78 is 7.73. The minimum atomic E-state index is 0.619. The van der Waals surface area contributed by atoms with Crippen LogP contribution in [0.4, 0.5) is 5.69 Å². The first-order chi connectivity index (χ1) is 8.70. The molecule has 90 valence electrons. The summed E-state index contributed by atoms with van der Waals surface area (Å²) in [5, 5.41) is 0.619. The Labute approximate surface area is 116 Å². The topological polar surface area (TPSA) is 48.1 Å². The van der Waals surface area contributed by atoms with Gasteiger partial charge in [0.15, 0.2) is 0 Å². The number of nitrogen functional groups attached to an aromatic ring is 1. The molecule has 0 spiro atoms. The predicted octanol–water partition coefficient (Wildman–Crippen LogP) is 4.43. The van der Waals surface area contributed by atoms with Crippen molar-refractivity contribution in [2.75, 3.05) is 5.73 Å². The summed E-state index contributed by atoms with van der Waals surface area (Å²) >= 11 is 4.89. The van der Waals surface area contributed by atoms with E-state index in [1.54, 1.807) is 0 Å². The lowest BCUT2D eigenvalue weighted by Gasteiger charge is -2.00. The van der Waals surface area contributed by atoms with Crippen molar-refractivity contribution in [1.82, 2.24) is 4.98 Å². The van der Waals surface area contributed by atoms with Crippen molar-refractivity contribution in [3.8, 4) is 10.9 Å². The summed E-state index contributed by atoms with van der Waals surface area (Å²) in [4.78, 5) is 4.40. The first-order valence-electron chi connectivity index (χ1n) is 5.30. The van der Waals surface area contributed by atoms with E-state index in [0.29, 0.717) is 5.19 Å². The van der Waals surface area contributed by atoms with Gasteiger partial charge in [-0.1, -0.05) is 33.3 Å². The Hall–Kier alpha value is -1.59. The van der Waals surface area contributed by atoms with Crippen LogP contribution in [0.15, 0.2) is 46.9 Å². The van der Waals surface area contributed by atoms with E-state index in [4.69, 9.17) is 10.5 Å². The van der Waals surface area contributed by atoms with Crippen LogP contribution in [0.3, 0.4) is 0 Å². The molecular weight excluding hydrogens is 312 g/mol. The predicted molar refractivity (Wildman–Crippen MR) is 78.2 cm³/mol. The Kier molecular flexibility index (Phi) is 2.93. The average Bonchev–Trinajstić information content (AvgIpc) is 2.70. The minimum Gasteiger partial charge on any atom is -0.431 e. The fourth-order valence-electron chi connectivity index (χ4n) is 1.60. The van der Waals surface area contributed by atoms with Gasteiger partial charge in [-0.3, -0.25) is 0 Å². The van der Waals surface area contributed by atoms with Gasteiger partial charge in [-0.25, -0.2) is 4.98 Å². The number of hydrogen-bond acceptors (Lipinski definition) is 4. The van der Waals surface area contributed by atoms with E-state index in [0.717, 1.165) is 26.1 Å². The second-order valence-corrected chi connectivity index (χ2v) is 5.68. The molecule has 0 radical (unpaired) electrons. The highest BCUT2D eigenvalue weighted by Crippen LogP contribution is 2.32. The van der Waals surface area contributed by atoms with Crippen LogP contribution in [0.2, 0.25) is 0 Å². The highest BCUT2D eigenvalue weighted by molar-refractivity contribution is 9.10. The molecule has 0 aliphatic rings. The summed E-state index contributed by atoms with van der Waals surface area (Å²) in [6, 6.07) is 13.3. The van der Waals surface area contributed by atoms with E-state index in [2.05, 4.69) is 20.9 Å². The molecule has 2 N–H and O–H groups in total. The Morgan fingerprint density at radius 2 is 2.06 bits per heavy atom. The number of rotatable bonds is 2. The third kappa shape index (κ3) is 2.32. The van der Waals surface area contributed by atoms with Gasteiger partial charge in [-0.15, -0.1) is 0 Å². The normalized spacial score (nSPS) is 10.7. The maximum Gasteiger partial charge on any atom is 0.279 e. The highest BCUT2D eigenvalue weighted by Gasteiger charge is 2.06. The van der Waals surface area contributed by atoms with Crippen LogP contribution >= 0.6 is 27.3 Å². The van der Waals surface area contributed by atoms with E-state index in [1.165, 1.54) is 11.3 Å². The van der Waals surface area contributed by atoms with Crippen molar-refractivity contribution in [3.05, 3.63) is 46.9 Å². The molecule has 5 heteroatoms. The van der Waals surface area contributed by atoms with Gasteiger partial charge in [-0.2, -0.15) is 0 Å². The molecule has 0 saturated heterocycles. The molecule has 0 aliphatic heterocycles. The molecule has 3 rings (SSSR count). The molecule has 0 atom stereocenters. The lowest BCUT2D eigenvalue weighted by molar-refractivity contribution is 0.480. The summed E-state index contributed by atoms with van der Waals surface area (Å²) in [7, 11) is 0. The molecule has 0 bridgehead atoms. The van der Waals surface area contributed by atoms with Crippen LogP contribution in [0.1, 0.15) is 0 Å². The van der Waals surface area contributed by atoms with Crippen molar-refractivity contribution in [2.45, 2.75) is 0 Å². The summed E-state index contributed by atoms with van der Waals surface area (Å²) in [6.45, 7) is 0. The standard InChI is InChI=1S/C13H9BrN2OS/c14-8-2-1-3-10(6-8)17-13-16-11-5-4-9(15)7-12(11)18-13/h1-7H,15H2. The number of nitrogens with two attached hydrogens (primary N) is 1. The lowest BCUT2D eigenvalue weighted by atomic mass is 10.3. The molecule has 1 aromatic heterocycles. The third-order valence-corrected chi connectivity index (χ3v) is 3.78. The largest absolute Gasteiger partial charge is 0.431 e. The highest BCUT2D eigenvalue weighted by atomic mass is 79.9. The van der Waals surface area contributed by atoms with Crippen molar-refractivity contribution in [2.24, 2.45) is 0 Å². The number of fused-ring (bicyclic) bond motifs is 1. The van der Waals surface area contributed by atoms with Gasteiger partial charge in [0.25, 0.3) is 5.19 Å². The average molecular weight is 321 g/mol. The molecule has 0 amide bonds. The van der Waals surface area contributed by atoms with Crippen LogP contribution in [0.5, 0.6) is 10.9 Å². The van der Waals surface area contributed by atoms with E-state index < -0.39 is 0 Å². The van der Waals surface area contributed by atoms with Gasteiger partial charge in [0.1, 0.15) is 5.75 Å². The molecule has 0 unspecified atom stereocenters. The smallest absolute Gasteiger partial charge is 0.279 e. The molecular formula is C13H9BrN2OS. The fraction of sp³-hybridized carbons (Fsp3) is 0. The minimum absolute atomic E-state index is 0.619. The van der Waals surface area contributed by atoms with Gasteiger partial charge in [-0.05, 0) is 36.4 Å². The molecule has 0 fully saturated rings. The first-order valence-corrected chi connectivity index (χ1v) is 6.91. The first kappa shape index (κ1) is 11.5. The summed E-state index contributed by atoms with van der Waals surface area (Å²) in [5.74, 6) is 0.761. The maximum atomic E-state index is 5.74. The van der Waals surface area contributed by atoms with Crippen molar-refractivity contribution < 1.29 is 4.74 Å². The van der Waals surface area contributed by atoms with Gasteiger partial charge in [0, 0.05) is 10.2 Å². The molecule has 2 aromatic carbocycles. The fourth-order valence-corrected chi connectivity index (χ4v) is 2.86. The van der Waals surface area contributed by atoms with Gasteiger partial charge in [0.2, 0.25) is 0 Å². The molecule has 0 aliphatic carbocycles. The van der Waals surface area contributed by atoms with Gasteiger partial charge in [0.05, 0.1) is 10.2 Å². The molecule has 3 aromatic rings. The summed E-state index contributed by atoms with van der Waals surface area (Å²) in [6.07, 6.45) is 0. The van der Waals surface area contributed by atoms with E-state index >= 15 is 0 Å². The second-order valence-electron chi connectivity index (χ2n) is 3.77. The Balaban J connectivity index is 1.95. The number of nitrogens with zero attached hydrogens (tertiary/aromatic N) is 1. The van der Waals surface area contributed by atoms with Gasteiger partial charge >= 0.3 is 0 Å². The molecule has 0 saturated carbocycles. The Morgan fingerprint density at radius 1 is 1.17 bits per heavy atom. The molecule has 1 heterocycles. The number of thiazole rings is 1.